The van der Waals surface area contributed by atoms with Crippen LogP contribution in [0.15, 0.2) is 12.2 Å². The molecule has 12 heavy (non-hydrogen) atoms. The number of carboxylic acids is 2. The predicted octanol–water partition coefficient (Wildman–Crippen LogP) is -2.36. The molecule has 0 saturated carbocycles. The molecule has 0 fully saturated rings. The topological polar surface area (TPSA) is 80.3 Å². The van der Waals surface area contributed by atoms with Gasteiger partial charge in [0.2, 0.25) is 0 Å². The molecule has 0 aromatic rings. The second kappa shape index (κ2) is 10.9. The molecule has 0 aromatic heterocycles. The molecule has 0 radical (unpaired) electrons. The average Bonchev–Trinajstić information content (AvgIpc) is 1.89. The van der Waals surface area contributed by atoms with E-state index >= 15 is 0 Å². The van der Waals surface area contributed by atoms with Crippen LogP contribution in [0.3, 0.4) is 0 Å². The second-order valence-electron chi connectivity index (χ2n) is 1.57. The molecule has 0 heterocycles. The van der Waals surface area contributed by atoms with Gasteiger partial charge in [-0.25, -0.2) is 4.39 Å². The second-order valence-corrected chi connectivity index (χ2v) is 1.57. The third-order valence-corrected chi connectivity index (χ3v) is 0.458. The summed E-state index contributed by atoms with van der Waals surface area (Å²) < 4.78 is 10.5. The molecule has 0 aliphatic heterocycles. The van der Waals surface area contributed by atoms with Crippen molar-refractivity contribution in [1.82, 2.24) is 0 Å². The monoisotopic (exact) mass is 202 g/mol. The van der Waals surface area contributed by atoms with Crippen molar-refractivity contribution in [1.29, 1.82) is 0 Å². The summed E-state index contributed by atoms with van der Waals surface area (Å²) >= 11 is 0. The number of carbonyl (C=O) groups excluding carboxylic acids is 2. The summed E-state index contributed by atoms with van der Waals surface area (Å²) in [4.78, 5) is 18.4. The average molecular weight is 202 g/mol. The first kappa shape index (κ1) is 17.8. The van der Waals surface area contributed by atoms with E-state index < -0.39 is 18.6 Å². The summed E-state index contributed by atoms with van der Waals surface area (Å²) in [5.41, 5.74) is 0.0648. The molecule has 0 amide bonds. The van der Waals surface area contributed by atoms with Crippen LogP contribution in [0.4, 0.5) is 4.39 Å². The molecule has 4 nitrogen and oxygen atoms in total. The van der Waals surface area contributed by atoms with Crippen LogP contribution in [0.2, 0.25) is 0 Å². The van der Waals surface area contributed by atoms with E-state index in [0.717, 1.165) is 0 Å². The van der Waals surface area contributed by atoms with E-state index in [1.165, 1.54) is 6.92 Å². The van der Waals surface area contributed by atoms with Gasteiger partial charge in [0.05, 0.1) is 11.9 Å². The maximum atomic E-state index is 10.5. The van der Waals surface area contributed by atoms with Gasteiger partial charge in [-0.15, -0.1) is 0 Å². The Labute approximate surface area is 99.1 Å². The Kier molecular flexibility index (Phi) is 16.1. The molecule has 0 aliphatic rings. The number of hydrogen-bond donors (Lipinski definition) is 0. The van der Waals surface area contributed by atoms with Crippen LogP contribution in [0, 0.1) is 0 Å². The molecule has 0 aliphatic carbocycles. The van der Waals surface area contributed by atoms with Crippen LogP contribution in [0.25, 0.3) is 0 Å². The predicted molar refractivity (Wildman–Crippen MR) is 36.6 cm³/mol. The first-order valence-corrected chi connectivity index (χ1v) is 2.54. The van der Waals surface area contributed by atoms with Crippen LogP contribution >= 0.6 is 0 Å². The Morgan fingerprint density at radius 2 is 1.58 bits per heavy atom. The Hall–Kier alpha value is -0.130. The van der Waals surface area contributed by atoms with Crippen molar-refractivity contribution in [2.24, 2.45) is 0 Å². The van der Waals surface area contributed by atoms with E-state index in [1.54, 1.807) is 0 Å². The summed E-state index contributed by atoms with van der Waals surface area (Å²) in [5.74, 6) is -2.85. The number of alkyl halides is 1. The molecule has 6 heteroatoms. The first-order chi connectivity index (χ1) is 4.91. The minimum atomic E-state index is -1.66. The van der Waals surface area contributed by atoms with Gasteiger partial charge in [-0.05, 0) is 12.5 Å². The summed E-state index contributed by atoms with van der Waals surface area (Å²) in [6.45, 7) is 3.09. The molecule has 0 unspecified atom stereocenters. The maximum Gasteiger partial charge on any atom is 2.00 e. The molecule has 64 valence electrons. The van der Waals surface area contributed by atoms with Gasteiger partial charge in [0.25, 0.3) is 0 Å². The molecule has 0 N–H and O–H groups in total. The fraction of sp³-hybridized carbons (Fsp3) is 0.333. The van der Waals surface area contributed by atoms with Crippen LogP contribution < -0.4 is 10.2 Å². The number of rotatable bonds is 2. The number of aliphatic carboxylic acids is 2. The minimum Gasteiger partial charge on any atom is -0.547 e. The van der Waals surface area contributed by atoms with Gasteiger partial charge in [-0.1, -0.05) is 6.58 Å². The van der Waals surface area contributed by atoms with Gasteiger partial charge in [0.15, 0.2) is 0 Å². The largest absolute Gasteiger partial charge is 2.00 e. The van der Waals surface area contributed by atoms with Gasteiger partial charge in [0.1, 0.15) is 6.67 Å². The number of carboxylic acid groups (broad SMARTS) is 2. The van der Waals surface area contributed by atoms with Gasteiger partial charge < -0.3 is 19.8 Å². The van der Waals surface area contributed by atoms with E-state index in [2.05, 4.69) is 6.58 Å². The number of carbonyl (C=O) groups is 2. The maximum absolute atomic E-state index is 10.5. The Morgan fingerprint density at radius 1 is 1.42 bits per heavy atom. The summed E-state index contributed by atoms with van der Waals surface area (Å²) in [7, 11) is 0. The molecule has 0 bridgehead atoms. The van der Waals surface area contributed by atoms with Crippen molar-refractivity contribution in [3.05, 3.63) is 12.2 Å². The van der Waals surface area contributed by atoms with Gasteiger partial charge in [-0.3, -0.25) is 0 Å². The fourth-order valence-electron chi connectivity index (χ4n) is 0. The quantitative estimate of drug-likeness (QED) is 0.370. The van der Waals surface area contributed by atoms with Crippen LogP contribution in [-0.2, 0) is 9.59 Å². The van der Waals surface area contributed by atoms with Crippen LogP contribution in [-0.4, -0.2) is 56.4 Å². The van der Waals surface area contributed by atoms with Crippen molar-refractivity contribution < 1.29 is 24.2 Å². The molecule has 0 rings (SSSR count). The zero-order chi connectivity index (χ0) is 9.44. The standard InChI is InChI=1S/C4H6O2.C2H3FO2.Ca/c1-3(2)4(5)6;3-1-2(4)5;/h1H2,2H3,(H,5,6);1H2,(H,4,5);/q;;+2/p-2. The molecule has 0 saturated heterocycles. The Balaban J connectivity index is -0.000000126. The van der Waals surface area contributed by atoms with Crippen molar-refractivity contribution in [3.63, 3.8) is 0 Å². The normalized spacial score (nSPS) is 6.83. The van der Waals surface area contributed by atoms with E-state index in [9.17, 15) is 14.3 Å². The van der Waals surface area contributed by atoms with Gasteiger partial charge >= 0.3 is 37.7 Å². The van der Waals surface area contributed by atoms with Crippen LogP contribution in [0.5, 0.6) is 0 Å². The van der Waals surface area contributed by atoms with E-state index in [0.29, 0.717) is 0 Å². The van der Waals surface area contributed by atoms with Gasteiger partial charge in [0, 0.05) is 0 Å². The van der Waals surface area contributed by atoms with E-state index in [1.807, 2.05) is 0 Å². The van der Waals surface area contributed by atoms with Crippen molar-refractivity contribution >= 4 is 49.7 Å². The SMILES string of the molecule is C=C(C)C(=O)[O-].O=C([O-])CF.[Ca+2]. The molecule has 0 atom stereocenters. The summed E-state index contributed by atoms with van der Waals surface area (Å²) in [6, 6.07) is 0. The van der Waals surface area contributed by atoms with Crippen molar-refractivity contribution in [2.45, 2.75) is 6.92 Å². The molecular weight excluding hydrogens is 195 g/mol. The minimum absolute atomic E-state index is 0. The van der Waals surface area contributed by atoms with Crippen LogP contribution in [0.1, 0.15) is 6.92 Å². The Bertz CT molecular complexity index is 157. The van der Waals surface area contributed by atoms with Gasteiger partial charge in [-0.2, -0.15) is 0 Å². The van der Waals surface area contributed by atoms with E-state index in [4.69, 9.17) is 9.90 Å². The van der Waals surface area contributed by atoms with E-state index in [-0.39, 0.29) is 43.3 Å². The molecule has 0 spiro atoms. The summed E-state index contributed by atoms with van der Waals surface area (Å²) in [5, 5.41) is 18.4. The summed E-state index contributed by atoms with van der Waals surface area (Å²) in [6.07, 6.45) is 0. The van der Waals surface area contributed by atoms with Crippen molar-refractivity contribution in [2.75, 3.05) is 6.67 Å². The van der Waals surface area contributed by atoms with Crippen molar-refractivity contribution in [3.8, 4) is 0 Å². The number of halogens is 1. The fourth-order valence-corrected chi connectivity index (χ4v) is 0. The first-order valence-electron chi connectivity index (χ1n) is 2.54. The third kappa shape index (κ3) is 22.5. The molecule has 0 aromatic carbocycles. The zero-order valence-corrected chi connectivity index (χ0v) is 8.84. The zero-order valence-electron chi connectivity index (χ0n) is 6.63. The molecular formula is C6H7CaFO4. The smallest absolute Gasteiger partial charge is 0.547 e. The third-order valence-electron chi connectivity index (χ3n) is 0.458. The Morgan fingerprint density at radius 3 is 1.58 bits per heavy atom. The number of hydrogen-bond acceptors (Lipinski definition) is 4.